The van der Waals surface area contributed by atoms with E-state index in [1.165, 1.54) is 54.2 Å². The van der Waals surface area contributed by atoms with E-state index in [2.05, 4.69) is 71.9 Å². The van der Waals surface area contributed by atoms with Crippen LogP contribution in [0.15, 0.2) is 73.2 Å². The number of pyridine rings is 2. The van der Waals surface area contributed by atoms with Crippen molar-refractivity contribution in [1.82, 2.24) is 34.6 Å². The Morgan fingerprint density at radius 2 is 1.54 bits per heavy atom. The summed E-state index contributed by atoms with van der Waals surface area (Å²) >= 11 is 0. The van der Waals surface area contributed by atoms with E-state index in [-0.39, 0.29) is 24.9 Å². The molecule has 2 aromatic carbocycles. The minimum absolute atomic E-state index is 0.109. The number of fused-ring (bicyclic) bond motifs is 4. The molecule has 5 aromatic rings. The van der Waals surface area contributed by atoms with Crippen molar-refractivity contribution in [3.05, 3.63) is 84.3 Å². The SMILES string of the molecule is Cn1c2ccncc2c2ccc(-c3ccc(O[C@H]4C[C@H](CN5CCC(CCN6CCN(c7ccc8c(c7)C(=O)N(C7CCC(=O)NC7=O)C8=O)CC6)CC5)C4)nc3)cc21. The molecule has 4 amide bonds. The molecule has 1 atom stereocenters. The maximum atomic E-state index is 13.3. The van der Waals surface area contributed by atoms with Gasteiger partial charge in [-0.25, -0.2) is 4.98 Å². The van der Waals surface area contributed by atoms with Gasteiger partial charge in [-0.3, -0.25) is 39.3 Å². The highest BCUT2D eigenvalue weighted by molar-refractivity contribution is 6.23. The molecule has 4 aliphatic heterocycles. The van der Waals surface area contributed by atoms with Gasteiger partial charge in [-0.15, -0.1) is 0 Å². The molecule has 0 bridgehead atoms. The molecule has 5 aliphatic rings. The van der Waals surface area contributed by atoms with Crippen LogP contribution in [0.5, 0.6) is 5.88 Å². The normalized spacial score (nSPS) is 23.2. The van der Waals surface area contributed by atoms with Crippen molar-refractivity contribution in [2.24, 2.45) is 18.9 Å². The Balaban J connectivity index is 0.631. The lowest BCUT2D eigenvalue weighted by Crippen LogP contribution is -2.54. The van der Waals surface area contributed by atoms with Gasteiger partial charge in [-0.2, -0.15) is 0 Å². The number of amides is 4. The minimum atomic E-state index is -0.951. The number of carbonyl (C=O) groups is 4. The van der Waals surface area contributed by atoms with Gasteiger partial charge in [-0.05, 0) is 112 Å². The Morgan fingerprint density at radius 1 is 0.746 bits per heavy atom. The molecule has 0 spiro atoms. The van der Waals surface area contributed by atoms with Crippen LogP contribution in [0.4, 0.5) is 5.69 Å². The Hall–Kier alpha value is -5.66. The Kier molecular flexibility index (Phi) is 9.88. The van der Waals surface area contributed by atoms with Crippen LogP contribution in [-0.4, -0.2) is 117 Å². The number of aryl methyl sites for hydroxylation is 1. The highest BCUT2D eigenvalue weighted by atomic mass is 16.5. The second-order valence-corrected chi connectivity index (χ2v) is 17.2. The van der Waals surface area contributed by atoms with Crippen LogP contribution in [0, 0.1) is 11.8 Å². The number of imide groups is 2. The van der Waals surface area contributed by atoms with E-state index in [0.29, 0.717) is 22.9 Å². The van der Waals surface area contributed by atoms with Crippen molar-refractivity contribution < 1.29 is 23.9 Å². The number of hydrogen-bond acceptors (Lipinski definition) is 10. The number of benzene rings is 2. The van der Waals surface area contributed by atoms with Crippen LogP contribution >= 0.6 is 0 Å². The molecule has 1 N–H and O–H groups in total. The third kappa shape index (κ3) is 7.24. The predicted molar refractivity (Wildman–Crippen MR) is 224 cm³/mol. The van der Waals surface area contributed by atoms with Crippen molar-refractivity contribution in [2.45, 2.75) is 57.1 Å². The maximum absolute atomic E-state index is 13.3. The summed E-state index contributed by atoms with van der Waals surface area (Å²) in [6.07, 6.45) is 12.1. The van der Waals surface area contributed by atoms with Crippen molar-refractivity contribution in [3.63, 3.8) is 0 Å². The second kappa shape index (κ2) is 15.5. The summed E-state index contributed by atoms with van der Waals surface area (Å²) < 4.78 is 8.51. The number of likely N-dealkylation sites (tertiary alicyclic amines) is 1. The van der Waals surface area contributed by atoms with E-state index in [0.717, 1.165) is 79.7 Å². The zero-order chi connectivity index (χ0) is 40.2. The summed E-state index contributed by atoms with van der Waals surface area (Å²) in [6.45, 7) is 8.22. The highest BCUT2D eigenvalue weighted by Crippen LogP contribution is 2.35. The Morgan fingerprint density at radius 3 is 2.32 bits per heavy atom. The van der Waals surface area contributed by atoms with Gasteiger partial charge in [0, 0.05) is 98.4 Å². The molecule has 0 radical (unpaired) electrons. The van der Waals surface area contributed by atoms with E-state index < -0.39 is 23.8 Å². The van der Waals surface area contributed by atoms with Crippen molar-refractivity contribution in [2.75, 3.05) is 57.3 Å². The first-order valence-electron chi connectivity index (χ1n) is 21.3. The molecule has 1 saturated carbocycles. The van der Waals surface area contributed by atoms with Crippen LogP contribution in [0.1, 0.15) is 65.7 Å². The lowest BCUT2D eigenvalue weighted by molar-refractivity contribution is -0.136. The lowest BCUT2D eigenvalue weighted by atomic mass is 9.81. The fourth-order valence-electron chi connectivity index (χ4n) is 10.0. The van der Waals surface area contributed by atoms with E-state index in [9.17, 15) is 19.2 Å². The summed E-state index contributed by atoms with van der Waals surface area (Å²) in [5.74, 6) is 0.252. The molecule has 3 aromatic heterocycles. The number of aromatic nitrogens is 3. The zero-order valence-corrected chi connectivity index (χ0v) is 33.5. The van der Waals surface area contributed by atoms with Crippen LogP contribution in [0.3, 0.4) is 0 Å². The number of piperidine rings is 2. The molecule has 13 nitrogen and oxygen atoms in total. The quantitative estimate of drug-likeness (QED) is 0.187. The smallest absolute Gasteiger partial charge is 0.262 e. The third-order valence-corrected chi connectivity index (χ3v) is 13.6. The second-order valence-electron chi connectivity index (χ2n) is 17.2. The average Bonchev–Trinajstić information content (AvgIpc) is 3.67. The molecule has 1 unspecified atom stereocenters. The van der Waals surface area contributed by atoms with E-state index in [4.69, 9.17) is 4.74 Å². The van der Waals surface area contributed by atoms with Gasteiger partial charge in [-0.1, -0.05) is 12.1 Å². The Labute approximate surface area is 343 Å². The molecule has 7 heterocycles. The molecule has 10 rings (SSSR count). The molecule has 304 valence electrons. The number of nitrogens with zero attached hydrogens (tertiary/aromatic N) is 7. The number of nitrogens with one attached hydrogen (secondary N) is 1. The monoisotopic (exact) mass is 794 g/mol. The fraction of sp³-hybridized carbons (Fsp3) is 0.435. The molecule has 3 saturated heterocycles. The first kappa shape index (κ1) is 37.6. The number of hydrogen-bond donors (Lipinski definition) is 1. The summed E-state index contributed by atoms with van der Waals surface area (Å²) in [6, 6.07) is 17.2. The number of carbonyl (C=O) groups excluding carboxylic acids is 4. The van der Waals surface area contributed by atoms with Crippen molar-refractivity contribution in [3.8, 4) is 17.0 Å². The predicted octanol–water partition coefficient (Wildman–Crippen LogP) is 5.27. The summed E-state index contributed by atoms with van der Waals surface area (Å²) in [4.78, 5) is 68.0. The Bertz CT molecular complexity index is 2440. The number of ether oxygens (including phenoxy) is 1. The van der Waals surface area contributed by atoms with Gasteiger partial charge < -0.3 is 19.1 Å². The van der Waals surface area contributed by atoms with Gasteiger partial charge in [0.1, 0.15) is 12.1 Å². The van der Waals surface area contributed by atoms with E-state index in [1.54, 1.807) is 12.1 Å². The molecule has 13 heteroatoms. The molecular weight excluding hydrogens is 745 g/mol. The third-order valence-electron chi connectivity index (χ3n) is 13.6. The number of anilines is 1. The van der Waals surface area contributed by atoms with E-state index in [1.807, 2.05) is 30.7 Å². The largest absolute Gasteiger partial charge is 0.474 e. The van der Waals surface area contributed by atoms with Crippen molar-refractivity contribution in [1.29, 1.82) is 0 Å². The highest BCUT2D eigenvalue weighted by Gasteiger charge is 2.45. The lowest BCUT2D eigenvalue weighted by Gasteiger charge is -2.41. The first-order valence-corrected chi connectivity index (χ1v) is 21.3. The number of rotatable bonds is 10. The first-order chi connectivity index (χ1) is 28.8. The van der Waals surface area contributed by atoms with Gasteiger partial charge >= 0.3 is 0 Å². The molecule has 1 aliphatic carbocycles. The standard InChI is InChI=1S/C46H50N8O5/c1-50-39-10-14-47-27-38(39)35-5-2-31(24-41(35)50)32-3-9-43(48-26-32)59-34-22-30(23-34)28-52-16-12-29(13-17-52)11-15-51-18-20-53(21-19-51)33-4-6-36-37(25-33)46(58)54(45(36)57)40-7-8-42(55)49-44(40)56/h2-6,9-10,14,24-27,29-30,34,40H,7-8,11-13,15-23,28H2,1H3,(H,49,55,56)/t30-,34-,40?. The molecular formula is C46H50N8O5. The number of piperazine rings is 1. The van der Waals surface area contributed by atoms with Gasteiger partial charge in [0.05, 0.1) is 16.6 Å². The minimum Gasteiger partial charge on any atom is -0.474 e. The molecule has 59 heavy (non-hydrogen) atoms. The topological polar surface area (TPSA) is 133 Å². The van der Waals surface area contributed by atoms with Crippen LogP contribution < -0.4 is 15.0 Å². The van der Waals surface area contributed by atoms with Gasteiger partial charge in [0.2, 0.25) is 17.7 Å². The van der Waals surface area contributed by atoms with E-state index >= 15 is 0 Å². The average molecular weight is 795 g/mol. The van der Waals surface area contributed by atoms with Crippen LogP contribution in [0.25, 0.3) is 32.9 Å². The van der Waals surface area contributed by atoms with Crippen molar-refractivity contribution >= 4 is 51.1 Å². The van der Waals surface area contributed by atoms with Gasteiger partial charge in [0.15, 0.2) is 0 Å². The summed E-state index contributed by atoms with van der Waals surface area (Å²) in [5.41, 5.74) is 6.15. The van der Waals surface area contributed by atoms with Gasteiger partial charge in [0.25, 0.3) is 11.8 Å². The van der Waals surface area contributed by atoms with Crippen LogP contribution in [0.2, 0.25) is 0 Å². The zero-order valence-electron chi connectivity index (χ0n) is 33.5. The maximum Gasteiger partial charge on any atom is 0.262 e. The molecule has 4 fully saturated rings. The van der Waals surface area contributed by atoms with Crippen LogP contribution in [-0.2, 0) is 16.6 Å². The fourth-order valence-corrected chi connectivity index (χ4v) is 10.0. The summed E-state index contributed by atoms with van der Waals surface area (Å²) in [7, 11) is 2.10. The summed E-state index contributed by atoms with van der Waals surface area (Å²) in [5, 5.41) is 4.64.